The Labute approximate surface area is 108 Å². The van der Waals surface area contributed by atoms with Crippen LogP contribution < -0.4 is 11.1 Å². The summed E-state index contributed by atoms with van der Waals surface area (Å²) in [5.74, 6) is 0.0910. The SMILES string of the molecule is Cc1ccccc1C(CN)N1CCNC(=O)C1C. The van der Waals surface area contributed by atoms with Crippen LogP contribution in [0.4, 0.5) is 0 Å². The molecule has 3 N–H and O–H groups in total. The highest BCUT2D eigenvalue weighted by atomic mass is 16.2. The van der Waals surface area contributed by atoms with Crippen molar-refractivity contribution in [3.05, 3.63) is 35.4 Å². The molecule has 4 nitrogen and oxygen atoms in total. The van der Waals surface area contributed by atoms with Gasteiger partial charge in [-0.3, -0.25) is 9.69 Å². The molecule has 1 fully saturated rings. The lowest BCUT2D eigenvalue weighted by Crippen LogP contribution is -2.55. The largest absolute Gasteiger partial charge is 0.353 e. The van der Waals surface area contributed by atoms with Gasteiger partial charge in [-0.25, -0.2) is 0 Å². The summed E-state index contributed by atoms with van der Waals surface area (Å²) in [6, 6.07) is 8.25. The molecule has 1 aromatic rings. The summed E-state index contributed by atoms with van der Waals surface area (Å²) in [6.07, 6.45) is 0. The van der Waals surface area contributed by atoms with Gasteiger partial charge in [0.05, 0.1) is 6.04 Å². The van der Waals surface area contributed by atoms with Crippen LogP contribution in [0.1, 0.15) is 24.1 Å². The quantitative estimate of drug-likeness (QED) is 0.831. The van der Waals surface area contributed by atoms with Crippen LogP contribution in [0.3, 0.4) is 0 Å². The first-order valence-corrected chi connectivity index (χ1v) is 6.44. The first-order valence-electron chi connectivity index (χ1n) is 6.44. The molecule has 1 saturated heterocycles. The van der Waals surface area contributed by atoms with E-state index < -0.39 is 0 Å². The van der Waals surface area contributed by atoms with Crippen LogP contribution >= 0.6 is 0 Å². The van der Waals surface area contributed by atoms with Gasteiger partial charge in [0.1, 0.15) is 0 Å². The van der Waals surface area contributed by atoms with Gasteiger partial charge in [0.15, 0.2) is 0 Å². The standard InChI is InChI=1S/C14H21N3O/c1-10-5-3-4-6-12(10)13(9-15)17-8-7-16-14(18)11(17)2/h3-6,11,13H,7-9,15H2,1-2H3,(H,16,18). The molecule has 0 bridgehead atoms. The van der Waals surface area contributed by atoms with Crippen LogP contribution in [-0.2, 0) is 4.79 Å². The zero-order chi connectivity index (χ0) is 13.1. The number of benzene rings is 1. The van der Waals surface area contributed by atoms with E-state index in [1.54, 1.807) is 0 Å². The van der Waals surface area contributed by atoms with Crippen molar-refractivity contribution in [3.8, 4) is 0 Å². The van der Waals surface area contributed by atoms with Crippen molar-refractivity contribution in [2.45, 2.75) is 25.9 Å². The number of aryl methyl sites for hydroxylation is 1. The summed E-state index contributed by atoms with van der Waals surface area (Å²) in [5, 5.41) is 2.89. The molecule has 98 valence electrons. The zero-order valence-corrected chi connectivity index (χ0v) is 11.0. The number of carbonyl (C=O) groups is 1. The number of piperazine rings is 1. The predicted octanol–water partition coefficient (Wildman–Crippen LogP) is 0.815. The Hall–Kier alpha value is -1.39. The molecular weight excluding hydrogens is 226 g/mol. The van der Waals surface area contributed by atoms with Crippen LogP contribution in [0.25, 0.3) is 0 Å². The third kappa shape index (κ3) is 2.40. The normalized spacial score (nSPS) is 22.6. The smallest absolute Gasteiger partial charge is 0.237 e. The summed E-state index contributed by atoms with van der Waals surface area (Å²) < 4.78 is 0. The second kappa shape index (κ2) is 5.50. The Kier molecular flexibility index (Phi) is 3.99. The van der Waals surface area contributed by atoms with Crippen LogP contribution in [0, 0.1) is 6.92 Å². The molecule has 0 aliphatic carbocycles. The number of rotatable bonds is 3. The highest BCUT2D eigenvalue weighted by molar-refractivity contribution is 5.82. The third-order valence-electron chi connectivity index (χ3n) is 3.72. The van der Waals surface area contributed by atoms with E-state index >= 15 is 0 Å². The fourth-order valence-electron chi connectivity index (χ4n) is 2.63. The molecule has 4 heteroatoms. The molecule has 0 saturated carbocycles. The Morgan fingerprint density at radius 2 is 2.22 bits per heavy atom. The number of hydrogen-bond donors (Lipinski definition) is 2. The molecule has 18 heavy (non-hydrogen) atoms. The molecule has 1 aromatic carbocycles. The molecule has 0 radical (unpaired) electrons. The number of nitrogens with two attached hydrogens (primary N) is 1. The van der Waals surface area contributed by atoms with Gasteiger partial charge in [-0.1, -0.05) is 24.3 Å². The number of nitrogens with zero attached hydrogens (tertiary/aromatic N) is 1. The van der Waals surface area contributed by atoms with E-state index in [-0.39, 0.29) is 18.0 Å². The van der Waals surface area contributed by atoms with Gasteiger partial charge >= 0.3 is 0 Å². The number of nitrogens with one attached hydrogen (secondary N) is 1. The van der Waals surface area contributed by atoms with Gasteiger partial charge in [0, 0.05) is 25.7 Å². The molecule has 2 atom stereocenters. The third-order valence-corrected chi connectivity index (χ3v) is 3.72. The lowest BCUT2D eigenvalue weighted by molar-refractivity contribution is -0.129. The number of amides is 1. The van der Waals surface area contributed by atoms with Crippen molar-refractivity contribution in [2.75, 3.05) is 19.6 Å². The summed E-state index contributed by atoms with van der Waals surface area (Å²) in [7, 11) is 0. The van der Waals surface area contributed by atoms with Gasteiger partial charge in [0.25, 0.3) is 0 Å². The van der Waals surface area contributed by atoms with Crippen molar-refractivity contribution >= 4 is 5.91 Å². The molecule has 2 unspecified atom stereocenters. The minimum atomic E-state index is -0.119. The van der Waals surface area contributed by atoms with Crippen molar-refractivity contribution < 1.29 is 4.79 Å². The van der Waals surface area contributed by atoms with E-state index in [1.807, 2.05) is 19.1 Å². The van der Waals surface area contributed by atoms with Crippen LogP contribution in [0.15, 0.2) is 24.3 Å². The summed E-state index contributed by atoms with van der Waals surface area (Å²) in [5.41, 5.74) is 8.39. The zero-order valence-electron chi connectivity index (χ0n) is 11.0. The Morgan fingerprint density at radius 1 is 1.50 bits per heavy atom. The van der Waals surface area contributed by atoms with E-state index in [2.05, 4.69) is 29.3 Å². The van der Waals surface area contributed by atoms with Crippen molar-refractivity contribution in [1.82, 2.24) is 10.2 Å². The van der Waals surface area contributed by atoms with Crippen molar-refractivity contribution in [1.29, 1.82) is 0 Å². The van der Waals surface area contributed by atoms with Crippen molar-refractivity contribution in [2.24, 2.45) is 5.73 Å². The maximum absolute atomic E-state index is 11.7. The number of carbonyl (C=O) groups excluding carboxylic acids is 1. The van der Waals surface area contributed by atoms with Gasteiger partial charge in [-0.2, -0.15) is 0 Å². The average Bonchev–Trinajstić information content (AvgIpc) is 2.37. The molecule has 1 amide bonds. The monoisotopic (exact) mass is 247 g/mol. The molecule has 0 spiro atoms. The highest BCUT2D eigenvalue weighted by Gasteiger charge is 2.31. The van der Waals surface area contributed by atoms with Crippen LogP contribution in [-0.4, -0.2) is 36.5 Å². The number of hydrogen-bond acceptors (Lipinski definition) is 3. The van der Waals surface area contributed by atoms with E-state index in [0.717, 1.165) is 6.54 Å². The summed E-state index contributed by atoms with van der Waals surface area (Å²) in [6.45, 7) is 6.11. The van der Waals surface area contributed by atoms with E-state index in [4.69, 9.17) is 5.73 Å². The fraction of sp³-hybridized carbons (Fsp3) is 0.500. The fourth-order valence-corrected chi connectivity index (χ4v) is 2.63. The van der Waals surface area contributed by atoms with Gasteiger partial charge < -0.3 is 11.1 Å². The lowest BCUT2D eigenvalue weighted by Gasteiger charge is -2.39. The van der Waals surface area contributed by atoms with Gasteiger partial charge in [0.2, 0.25) is 5.91 Å². The van der Waals surface area contributed by atoms with Crippen molar-refractivity contribution in [3.63, 3.8) is 0 Å². The maximum Gasteiger partial charge on any atom is 0.237 e. The van der Waals surface area contributed by atoms with E-state index in [9.17, 15) is 4.79 Å². The average molecular weight is 247 g/mol. The van der Waals surface area contributed by atoms with Crippen LogP contribution in [0.5, 0.6) is 0 Å². The van der Waals surface area contributed by atoms with E-state index in [0.29, 0.717) is 13.1 Å². The molecule has 1 aliphatic heterocycles. The Balaban J connectivity index is 2.28. The molecular formula is C14H21N3O. The molecule has 1 heterocycles. The summed E-state index contributed by atoms with van der Waals surface area (Å²) >= 11 is 0. The first-order chi connectivity index (χ1) is 8.65. The minimum absolute atomic E-state index is 0.0910. The summed E-state index contributed by atoms with van der Waals surface area (Å²) in [4.78, 5) is 13.9. The Bertz CT molecular complexity index is 433. The maximum atomic E-state index is 11.7. The Morgan fingerprint density at radius 3 is 2.89 bits per heavy atom. The van der Waals surface area contributed by atoms with E-state index in [1.165, 1.54) is 11.1 Å². The molecule has 2 rings (SSSR count). The first kappa shape index (κ1) is 13.1. The predicted molar refractivity (Wildman–Crippen MR) is 72.2 cm³/mol. The molecule has 1 aliphatic rings. The minimum Gasteiger partial charge on any atom is -0.353 e. The second-order valence-electron chi connectivity index (χ2n) is 4.81. The van der Waals surface area contributed by atoms with Gasteiger partial charge in [-0.05, 0) is 25.0 Å². The molecule has 0 aromatic heterocycles. The van der Waals surface area contributed by atoms with Crippen LogP contribution in [0.2, 0.25) is 0 Å². The topological polar surface area (TPSA) is 58.4 Å². The van der Waals surface area contributed by atoms with Gasteiger partial charge in [-0.15, -0.1) is 0 Å². The second-order valence-corrected chi connectivity index (χ2v) is 4.81. The highest BCUT2D eigenvalue weighted by Crippen LogP contribution is 2.25. The lowest BCUT2D eigenvalue weighted by atomic mass is 9.98.